The van der Waals surface area contributed by atoms with E-state index in [1.165, 1.54) is 12.0 Å². The van der Waals surface area contributed by atoms with Crippen LogP contribution < -0.4 is 0 Å². The molecule has 0 N–H and O–H groups in total. The minimum absolute atomic E-state index is 0.0455. The zero-order chi connectivity index (χ0) is 14.0. The maximum atomic E-state index is 13.1. The highest BCUT2D eigenvalue weighted by Crippen LogP contribution is 2.41. The van der Waals surface area contributed by atoms with Gasteiger partial charge in [0.25, 0.3) is 0 Å². The van der Waals surface area contributed by atoms with Crippen LogP contribution in [-0.2, 0) is 16.0 Å². The Morgan fingerprint density at radius 2 is 2.20 bits per heavy atom. The SMILES string of the molecule is CCOC1(C(=O)C2CCc3cccnc32)CCCCC1. The molecule has 0 saturated heterocycles. The number of aryl methyl sites for hydroxylation is 1. The minimum atomic E-state index is -0.531. The van der Waals surface area contributed by atoms with Crippen LogP contribution in [0.5, 0.6) is 0 Å². The van der Waals surface area contributed by atoms with Crippen LogP contribution in [0.15, 0.2) is 18.3 Å². The number of Topliss-reactive ketones (excluding diaryl/α,β-unsaturated/α-hetero) is 1. The Kier molecular flexibility index (Phi) is 3.88. The summed E-state index contributed by atoms with van der Waals surface area (Å²) in [5, 5.41) is 0. The Hall–Kier alpha value is -1.22. The van der Waals surface area contributed by atoms with E-state index in [1.807, 2.05) is 13.0 Å². The number of carbonyl (C=O) groups excluding carboxylic acids is 1. The van der Waals surface area contributed by atoms with Gasteiger partial charge in [0, 0.05) is 12.8 Å². The molecule has 1 fully saturated rings. The fourth-order valence-electron chi connectivity index (χ4n) is 3.85. The Morgan fingerprint density at radius 1 is 1.40 bits per heavy atom. The molecule has 3 nitrogen and oxygen atoms in total. The molecular formula is C17H23NO2. The van der Waals surface area contributed by atoms with Crippen LogP contribution in [0.2, 0.25) is 0 Å². The van der Waals surface area contributed by atoms with Gasteiger partial charge in [0.2, 0.25) is 0 Å². The highest BCUT2D eigenvalue weighted by molar-refractivity contribution is 5.93. The lowest BCUT2D eigenvalue weighted by Gasteiger charge is -2.37. The number of fused-ring (bicyclic) bond motifs is 1. The topological polar surface area (TPSA) is 39.2 Å². The minimum Gasteiger partial charge on any atom is -0.367 e. The van der Waals surface area contributed by atoms with E-state index in [0.29, 0.717) is 6.61 Å². The second-order valence-corrected chi connectivity index (χ2v) is 5.99. The molecule has 3 rings (SSSR count). The molecule has 0 amide bonds. The van der Waals surface area contributed by atoms with E-state index >= 15 is 0 Å². The first kappa shape index (κ1) is 13.7. The normalized spacial score (nSPS) is 24.4. The molecular weight excluding hydrogens is 250 g/mol. The predicted octanol–water partition coefficient (Wildman–Crippen LogP) is 3.42. The zero-order valence-electron chi connectivity index (χ0n) is 12.2. The van der Waals surface area contributed by atoms with Crippen molar-refractivity contribution in [3.63, 3.8) is 0 Å². The lowest BCUT2D eigenvalue weighted by Crippen LogP contribution is -2.46. The number of carbonyl (C=O) groups is 1. The first-order valence-corrected chi connectivity index (χ1v) is 7.89. The Labute approximate surface area is 120 Å². The van der Waals surface area contributed by atoms with Crippen molar-refractivity contribution < 1.29 is 9.53 Å². The van der Waals surface area contributed by atoms with Crippen LogP contribution in [0.1, 0.15) is 62.6 Å². The van der Waals surface area contributed by atoms with E-state index in [4.69, 9.17) is 4.74 Å². The number of rotatable bonds is 4. The quantitative estimate of drug-likeness (QED) is 0.843. The molecule has 0 aliphatic heterocycles. The molecule has 1 aromatic heterocycles. The summed E-state index contributed by atoms with van der Waals surface area (Å²) in [6.45, 7) is 2.61. The van der Waals surface area contributed by atoms with E-state index in [9.17, 15) is 4.79 Å². The number of hydrogen-bond acceptors (Lipinski definition) is 3. The van der Waals surface area contributed by atoms with Crippen molar-refractivity contribution in [2.45, 2.75) is 63.4 Å². The molecule has 20 heavy (non-hydrogen) atoms. The van der Waals surface area contributed by atoms with E-state index in [1.54, 1.807) is 6.20 Å². The largest absolute Gasteiger partial charge is 0.367 e. The molecule has 0 bridgehead atoms. The van der Waals surface area contributed by atoms with Gasteiger partial charge in [-0.1, -0.05) is 25.3 Å². The van der Waals surface area contributed by atoms with Crippen molar-refractivity contribution in [1.82, 2.24) is 4.98 Å². The monoisotopic (exact) mass is 273 g/mol. The second-order valence-electron chi connectivity index (χ2n) is 5.99. The van der Waals surface area contributed by atoms with E-state index in [-0.39, 0.29) is 11.7 Å². The van der Waals surface area contributed by atoms with Gasteiger partial charge in [-0.15, -0.1) is 0 Å². The van der Waals surface area contributed by atoms with Crippen molar-refractivity contribution in [3.8, 4) is 0 Å². The molecule has 108 valence electrons. The first-order chi connectivity index (χ1) is 9.77. The molecule has 1 atom stereocenters. The van der Waals surface area contributed by atoms with Gasteiger partial charge in [-0.3, -0.25) is 9.78 Å². The Bertz CT molecular complexity index is 486. The first-order valence-electron chi connectivity index (χ1n) is 7.89. The molecule has 1 aromatic rings. The smallest absolute Gasteiger partial charge is 0.173 e. The maximum absolute atomic E-state index is 13.1. The molecule has 1 saturated carbocycles. The Morgan fingerprint density at radius 3 is 2.95 bits per heavy atom. The highest BCUT2D eigenvalue weighted by atomic mass is 16.5. The number of ether oxygens (including phenoxy) is 1. The van der Waals surface area contributed by atoms with Gasteiger partial charge in [-0.2, -0.15) is 0 Å². The van der Waals surface area contributed by atoms with Crippen molar-refractivity contribution in [3.05, 3.63) is 29.6 Å². The molecule has 3 heteroatoms. The van der Waals surface area contributed by atoms with E-state index in [2.05, 4.69) is 11.1 Å². The summed E-state index contributed by atoms with van der Waals surface area (Å²) in [7, 11) is 0. The highest BCUT2D eigenvalue weighted by Gasteiger charge is 2.45. The maximum Gasteiger partial charge on any atom is 0.173 e. The standard InChI is InChI=1S/C17H23NO2/c1-2-20-17(10-4-3-5-11-17)16(19)14-9-8-13-7-6-12-18-15(13)14/h6-7,12,14H,2-5,8-11H2,1H3. The van der Waals surface area contributed by atoms with Gasteiger partial charge in [-0.05, 0) is 44.2 Å². The third-order valence-corrected chi connectivity index (χ3v) is 4.81. The summed E-state index contributed by atoms with van der Waals surface area (Å²) in [4.78, 5) is 17.6. The van der Waals surface area contributed by atoms with Gasteiger partial charge in [0.05, 0.1) is 11.6 Å². The molecule has 0 spiro atoms. The summed E-state index contributed by atoms with van der Waals surface area (Å²) in [6.07, 6.45) is 8.89. The molecule has 0 aromatic carbocycles. The van der Waals surface area contributed by atoms with Gasteiger partial charge in [0.1, 0.15) is 5.60 Å². The van der Waals surface area contributed by atoms with Gasteiger partial charge < -0.3 is 4.74 Å². The second kappa shape index (κ2) is 5.65. The fourth-order valence-corrected chi connectivity index (χ4v) is 3.85. The average molecular weight is 273 g/mol. The Balaban J connectivity index is 1.87. The molecule has 0 radical (unpaired) electrons. The van der Waals surface area contributed by atoms with Crippen molar-refractivity contribution in [2.75, 3.05) is 6.61 Å². The summed E-state index contributed by atoms with van der Waals surface area (Å²) < 4.78 is 5.98. The van der Waals surface area contributed by atoms with Crippen LogP contribution in [-0.4, -0.2) is 23.0 Å². The van der Waals surface area contributed by atoms with E-state index in [0.717, 1.165) is 44.2 Å². The van der Waals surface area contributed by atoms with Crippen LogP contribution in [0.25, 0.3) is 0 Å². The molecule has 1 heterocycles. The molecule has 1 unspecified atom stereocenters. The lowest BCUT2D eigenvalue weighted by molar-refractivity contribution is -0.150. The van der Waals surface area contributed by atoms with Crippen LogP contribution in [0.3, 0.4) is 0 Å². The van der Waals surface area contributed by atoms with Crippen LogP contribution in [0.4, 0.5) is 0 Å². The average Bonchev–Trinajstić information content (AvgIpc) is 2.91. The number of nitrogens with zero attached hydrogens (tertiary/aromatic N) is 1. The number of pyridine rings is 1. The predicted molar refractivity (Wildman–Crippen MR) is 77.7 cm³/mol. The molecule has 2 aliphatic carbocycles. The van der Waals surface area contributed by atoms with Crippen LogP contribution in [0, 0.1) is 0 Å². The summed E-state index contributed by atoms with van der Waals surface area (Å²) in [5.41, 5.74) is 1.71. The van der Waals surface area contributed by atoms with Crippen molar-refractivity contribution >= 4 is 5.78 Å². The molecule has 2 aliphatic rings. The summed E-state index contributed by atoms with van der Waals surface area (Å²) in [5.74, 6) is 0.243. The summed E-state index contributed by atoms with van der Waals surface area (Å²) in [6, 6.07) is 4.06. The van der Waals surface area contributed by atoms with Gasteiger partial charge in [0.15, 0.2) is 5.78 Å². The lowest BCUT2D eigenvalue weighted by atomic mass is 9.76. The fraction of sp³-hybridized carbons (Fsp3) is 0.647. The third kappa shape index (κ3) is 2.28. The van der Waals surface area contributed by atoms with Crippen molar-refractivity contribution in [2.24, 2.45) is 0 Å². The van der Waals surface area contributed by atoms with E-state index < -0.39 is 5.60 Å². The van der Waals surface area contributed by atoms with Crippen LogP contribution >= 0.6 is 0 Å². The number of aromatic nitrogens is 1. The van der Waals surface area contributed by atoms with Gasteiger partial charge in [-0.25, -0.2) is 0 Å². The zero-order valence-corrected chi connectivity index (χ0v) is 12.2. The number of ketones is 1. The summed E-state index contributed by atoms with van der Waals surface area (Å²) >= 11 is 0. The third-order valence-electron chi connectivity index (χ3n) is 4.81. The van der Waals surface area contributed by atoms with Gasteiger partial charge >= 0.3 is 0 Å². The number of hydrogen-bond donors (Lipinski definition) is 0. The van der Waals surface area contributed by atoms with Crippen molar-refractivity contribution in [1.29, 1.82) is 0 Å².